The Morgan fingerprint density at radius 3 is 2.22 bits per heavy atom. The standard InChI is InChI=1S/C13H21BO4/c1-4-13(2,3)18-10-9-17-12-7-5-11(6-8-12)14(15)16/h5-8,15-16H,4,9-10H2,1-3H3. The van der Waals surface area contributed by atoms with Gasteiger partial charge in [0.25, 0.3) is 0 Å². The Morgan fingerprint density at radius 1 is 1.11 bits per heavy atom. The van der Waals surface area contributed by atoms with E-state index in [9.17, 15) is 0 Å². The van der Waals surface area contributed by atoms with Crippen molar-refractivity contribution < 1.29 is 19.5 Å². The van der Waals surface area contributed by atoms with Crippen LogP contribution in [0.25, 0.3) is 0 Å². The lowest BCUT2D eigenvalue weighted by Gasteiger charge is -2.23. The molecule has 5 heteroatoms. The molecular formula is C13H21BO4. The van der Waals surface area contributed by atoms with Crippen LogP contribution in [0, 0.1) is 0 Å². The summed E-state index contributed by atoms with van der Waals surface area (Å²) in [6.07, 6.45) is 0.954. The Morgan fingerprint density at radius 2 is 1.72 bits per heavy atom. The average molecular weight is 252 g/mol. The molecule has 0 aliphatic heterocycles. The molecule has 0 atom stereocenters. The average Bonchev–Trinajstić information content (AvgIpc) is 2.35. The third-order valence-corrected chi connectivity index (χ3v) is 2.87. The van der Waals surface area contributed by atoms with E-state index in [1.807, 2.05) is 13.8 Å². The zero-order chi connectivity index (χ0) is 13.6. The summed E-state index contributed by atoms with van der Waals surface area (Å²) in [5.74, 6) is 0.692. The minimum absolute atomic E-state index is 0.117. The molecule has 0 radical (unpaired) electrons. The lowest BCUT2D eigenvalue weighted by molar-refractivity contribution is -0.0317. The van der Waals surface area contributed by atoms with Crippen molar-refractivity contribution in [1.29, 1.82) is 0 Å². The molecule has 1 aromatic rings. The lowest BCUT2D eigenvalue weighted by Crippen LogP contribution is -2.29. The van der Waals surface area contributed by atoms with Gasteiger partial charge in [-0.3, -0.25) is 0 Å². The molecule has 0 heterocycles. The molecule has 18 heavy (non-hydrogen) atoms. The van der Waals surface area contributed by atoms with Crippen LogP contribution in [0.2, 0.25) is 0 Å². The fraction of sp³-hybridized carbons (Fsp3) is 0.538. The summed E-state index contributed by atoms with van der Waals surface area (Å²) in [7, 11) is -1.44. The van der Waals surface area contributed by atoms with Crippen LogP contribution in [0.3, 0.4) is 0 Å². The summed E-state index contributed by atoms with van der Waals surface area (Å²) in [5, 5.41) is 17.9. The zero-order valence-corrected chi connectivity index (χ0v) is 11.2. The first-order valence-corrected chi connectivity index (χ1v) is 6.17. The summed E-state index contributed by atoms with van der Waals surface area (Å²) in [4.78, 5) is 0. The van der Waals surface area contributed by atoms with Gasteiger partial charge in [0.05, 0.1) is 12.2 Å². The van der Waals surface area contributed by atoms with Crippen molar-refractivity contribution in [1.82, 2.24) is 0 Å². The van der Waals surface area contributed by atoms with Gasteiger partial charge in [0.2, 0.25) is 0 Å². The number of benzene rings is 1. The minimum Gasteiger partial charge on any atom is -0.491 e. The van der Waals surface area contributed by atoms with Crippen molar-refractivity contribution >= 4 is 12.6 Å². The Hall–Kier alpha value is -1.04. The number of hydrogen-bond donors (Lipinski definition) is 2. The molecule has 0 aliphatic carbocycles. The predicted molar refractivity (Wildman–Crippen MR) is 72.1 cm³/mol. The molecule has 4 nitrogen and oxygen atoms in total. The van der Waals surface area contributed by atoms with Gasteiger partial charge < -0.3 is 19.5 Å². The quantitative estimate of drug-likeness (QED) is 0.560. The second-order valence-electron chi connectivity index (χ2n) is 4.75. The molecule has 0 aromatic heterocycles. The zero-order valence-electron chi connectivity index (χ0n) is 11.2. The molecule has 100 valence electrons. The fourth-order valence-corrected chi connectivity index (χ4v) is 1.32. The first kappa shape index (κ1) is 15.0. The monoisotopic (exact) mass is 252 g/mol. The van der Waals surface area contributed by atoms with E-state index in [-0.39, 0.29) is 5.60 Å². The molecule has 0 aliphatic rings. The Balaban J connectivity index is 2.32. The maximum atomic E-state index is 8.94. The molecule has 0 amide bonds. The van der Waals surface area contributed by atoms with Gasteiger partial charge in [-0.05, 0) is 37.9 Å². The van der Waals surface area contributed by atoms with E-state index in [4.69, 9.17) is 19.5 Å². The number of hydrogen-bond acceptors (Lipinski definition) is 4. The first-order valence-electron chi connectivity index (χ1n) is 6.17. The molecule has 2 N–H and O–H groups in total. The van der Waals surface area contributed by atoms with Crippen molar-refractivity contribution in [3.05, 3.63) is 24.3 Å². The smallest absolute Gasteiger partial charge is 0.488 e. The maximum absolute atomic E-state index is 8.94. The molecular weight excluding hydrogens is 231 g/mol. The number of rotatable bonds is 7. The second-order valence-corrected chi connectivity index (χ2v) is 4.75. The molecule has 0 spiro atoms. The van der Waals surface area contributed by atoms with Crippen molar-refractivity contribution in [3.8, 4) is 5.75 Å². The Kier molecular flexibility index (Phi) is 5.66. The van der Waals surface area contributed by atoms with Gasteiger partial charge >= 0.3 is 7.12 Å². The van der Waals surface area contributed by atoms with Gasteiger partial charge in [0.1, 0.15) is 12.4 Å². The molecule has 1 rings (SSSR count). The third-order valence-electron chi connectivity index (χ3n) is 2.87. The van der Waals surface area contributed by atoms with Crippen LogP contribution in [-0.2, 0) is 4.74 Å². The van der Waals surface area contributed by atoms with Crippen LogP contribution in [0.5, 0.6) is 5.75 Å². The van der Waals surface area contributed by atoms with E-state index in [0.29, 0.717) is 24.4 Å². The van der Waals surface area contributed by atoms with E-state index in [0.717, 1.165) is 6.42 Å². The van der Waals surface area contributed by atoms with Crippen LogP contribution in [0.15, 0.2) is 24.3 Å². The van der Waals surface area contributed by atoms with Crippen molar-refractivity contribution in [2.24, 2.45) is 0 Å². The topological polar surface area (TPSA) is 58.9 Å². The van der Waals surface area contributed by atoms with E-state index in [2.05, 4.69) is 6.92 Å². The maximum Gasteiger partial charge on any atom is 0.488 e. The lowest BCUT2D eigenvalue weighted by atomic mass is 9.80. The van der Waals surface area contributed by atoms with Gasteiger partial charge in [-0.1, -0.05) is 19.1 Å². The molecule has 0 bridgehead atoms. The van der Waals surface area contributed by atoms with Gasteiger partial charge in [-0.2, -0.15) is 0 Å². The van der Waals surface area contributed by atoms with Crippen LogP contribution in [0.1, 0.15) is 27.2 Å². The summed E-state index contributed by atoms with van der Waals surface area (Å²) in [6.45, 7) is 7.18. The molecule has 0 fully saturated rings. The summed E-state index contributed by atoms with van der Waals surface area (Å²) in [5.41, 5.74) is 0.333. The highest BCUT2D eigenvalue weighted by Crippen LogP contribution is 2.13. The fourth-order valence-electron chi connectivity index (χ4n) is 1.32. The molecule has 0 unspecified atom stereocenters. The largest absolute Gasteiger partial charge is 0.491 e. The SMILES string of the molecule is CCC(C)(C)OCCOc1ccc(B(O)O)cc1. The van der Waals surface area contributed by atoms with E-state index >= 15 is 0 Å². The normalized spacial score (nSPS) is 11.4. The van der Waals surface area contributed by atoms with Crippen molar-refractivity contribution in [2.75, 3.05) is 13.2 Å². The van der Waals surface area contributed by atoms with E-state index in [1.165, 1.54) is 0 Å². The van der Waals surface area contributed by atoms with Crippen LogP contribution in [-0.4, -0.2) is 36.0 Å². The minimum atomic E-state index is -1.44. The summed E-state index contributed by atoms with van der Waals surface area (Å²) >= 11 is 0. The number of ether oxygens (including phenoxy) is 2. The third kappa shape index (κ3) is 5.08. The van der Waals surface area contributed by atoms with E-state index < -0.39 is 7.12 Å². The highest BCUT2D eigenvalue weighted by molar-refractivity contribution is 6.58. The van der Waals surface area contributed by atoms with Gasteiger partial charge in [-0.15, -0.1) is 0 Å². The summed E-state index contributed by atoms with van der Waals surface area (Å²) < 4.78 is 11.1. The Labute approximate surface area is 109 Å². The second kappa shape index (κ2) is 6.78. The van der Waals surface area contributed by atoms with E-state index in [1.54, 1.807) is 24.3 Å². The van der Waals surface area contributed by atoms with Crippen molar-refractivity contribution in [3.63, 3.8) is 0 Å². The molecule has 0 saturated heterocycles. The van der Waals surface area contributed by atoms with Crippen molar-refractivity contribution in [2.45, 2.75) is 32.8 Å². The van der Waals surface area contributed by atoms with Crippen LogP contribution >= 0.6 is 0 Å². The first-order chi connectivity index (χ1) is 8.44. The highest BCUT2D eigenvalue weighted by atomic mass is 16.5. The van der Waals surface area contributed by atoms with Gasteiger partial charge in [0, 0.05) is 0 Å². The Bertz CT molecular complexity index is 349. The van der Waals surface area contributed by atoms with Crippen LogP contribution in [0.4, 0.5) is 0 Å². The van der Waals surface area contributed by atoms with Gasteiger partial charge in [0.15, 0.2) is 0 Å². The highest BCUT2D eigenvalue weighted by Gasteiger charge is 2.14. The molecule has 1 aromatic carbocycles. The summed E-state index contributed by atoms with van der Waals surface area (Å²) in [6, 6.07) is 6.66. The predicted octanol–water partition coefficient (Wildman–Crippen LogP) is 0.950. The van der Waals surface area contributed by atoms with Gasteiger partial charge in [-0.25, -0.2) is 0 Å². The molecule has 0 saturated carbocycles. The van der Waals surface area contributed by atoms with Crippen LogP contribution < -0.4 is 10.2 Å².